The molecule has 0 bridgehead atoms. The summed E-state index contributed by atoms with van der Waals surface area (Å²) in [6, 6.07) is 0. The van der Waals surface area contributed by atoms with E-state index in [4.69, 9.17) is 0 Å². The largest absolute Gasteiger partial charge is 4.00 e. The molecule has 0 N–H and O–H groups in total. The Balaban J connectivity index is 0.000000569. The van der Waals surface area contributed by atoms with Gasteiger partial charge < -0.3 is 37.7 Å². The summed E-state index contributed by atoms with van der Waals surface area (Å²) in [4.78, 5) is 0. The fraction of sp³-hybridized carbons (Fsp3) is 0.667. The van der Waals surface area contributed by atoms with Crippen LogP contribution in [0.4, 0.5) is 0 Å². The molecule has 0 aromatic rings. The van der Waals surface area contributed by atoms with E-state index in [0.29, 0.717) is 0 Å². The first-order chi connectivity index (χ1) is 14.9. The Labute approximate surface area is 237 Å². The molecule has 0 saturated carbocycles. The van der Waals surface area contributed by atoms with Crippen molar-refractivity contribution >= 4 is 0 Å². The van der Waals surface area contributed by atoms with Crippen LogP contribution in [0.15, 0.2) is 48.6 Å². The van der Waals surface area contributed by atoms with Crippen molar-refractivity contribution in [1.29, 1.82) is 0 Å². The van der Waals surface area contributed by atoms with Crippen molar-refractivity contribution in [2.24, 2.45) is 23.7 Å². The topological polar surface area (TPSA) is 0 Å². The molecule has 33 heavy (non-hydrogen) atoms. The fourth-order valence-corrected chi connectivity index (χ4v) is 5.34. The third kappa shape index (κ3) is 13.9. The molecule has 0 fully saturated rings. The standard InChI is InChI=1S/2C15H23.2ClH.Zr/c2*1-2-4-6-8-11-15-13-9-12-14(15)10-7-5-3-1;;;/h2*7,9-11,13-15H,1-6,8,12H2;2*1H;/q2*-1;;;+4/p-2/b2*10-7+;;;. The van der Waals surface area contributed by atoms with Crippen molar-refractivity contribution in [3.63, 3.8) is 0 Å². The minimum absolute atomic E-state index is 0. The SMILES string of the molecule is C1=CC2[CH-]CCCCCCC/C=C/C2C1.C1=CC2[CH-]CCCCCCC/C=C/C2C1.[Cl-].[Cl-].[Zr+4]. The number of hydrogen-bond acceptors (Lipinski definition) is 0. The zero-order valence-electron chi connectivity index (χ0n) is 20.7. The van der Waals surface area contributed by atoms with Crippen molar-refractivity contribution in [3.8, 4) is 0 Å². The van der Waals surface area contributed by atoms with Crippen LogP contribution in [0.25, 0.3) is 0 Å². The molecule has 0 radical (unpaired) electrons. The van der Waals surface area contributed by atoms with Gasteiger partial charge in [-0.3, -0.25) is 0 Å². The molecule has 0 aromatic heterocycles. The minimum atomic E-state index is 0. The average Bonchev–Trinajstić information content (AvgIpc) is 3.38. The van der Waals surface area contributed by atoms with Crippen LogP contribution in [-0.4, -0.2) is 0 Å². The van der Waals surface area contributed by atoms with Crippen LogP contribution in [0.3, 0.4) is 0 Å². The van der Waals surface area contributed by atoms with Gasteiger partial charge in [0.1, 0.15) is 0 Å². The molecule has 0 aromatic carbocycles. The van der Waals surface area contributed by atoms with Crippen molar-refractivity contribution in [2.45, 2.75) is 103 Å². The second kappa shape index (κ2) is 21.7. The summed E-state index contributed by atoms with van der Waals surface area (Å²) in [6.07, 6.45) is 46.3. The molecular weight excluding hydrogens is 522 g/mol. The number of allylic oxidation sites excluding steroid dienone is 8. The molecule has 0 saturated heterocycles. The van der Waals surface area contributed by atoms with Gasteiger partial charge in [-0.05, 0) is 50.4 Å². The number of hydrogen-bond donors (Lipinski definition) is 0. The van der Waals surface area contributed by atoms with Gasteiger partial charge in [-0.1, -0.05) is 87.8 Å². The summed E-state index contributed by atoms with van der Waals surface area (Å²) in [7, 11) is 0. The average molecular weight is 569 g/mol. The predicted octanol–water partition coefficient (Wildman–Crippen LogP) is 3.37. The maximum Gasteiger partial charge on any atom is 4.00 e. The van der Waals surface area contributed by atoms with Crippen LogP contribution < -0.4 is 24.8 Å². The van der Waals surface area contributed by atoms with E-state index in [1.54, 1.807) is 0 Å². The first kappa shape index (κ1) is 33.4. The zero-order chi connectivity index (χ0) is 20.7. The molecule has 0 heterocycles. The fourth-order valence-electron chi connectivity index (χ4n) is 5.34. The monoisotopic (exact) mass is 566 g/mol. The number of halogens is 2. The van der Waals surface area contributed by atoms with Gasteiger partial charge in [-0.2, -0.15) is 12.8 Å². The van der Waals surface area contributed by atoms with Gasteiger partial charge in [0.2, 0.25) is 0 Å². The van der Waals surface area contributed by atoms with Crippen molar-refractivity contribution < 1.29 is 51.0 Å². The van der Waals surface area contributed by atoms with Crippen molar-refractivity contribution in [2.75, 3.05) is 0 Å². The Morgan fingerprint density at radius 3 is 1.30 bits per heavy atom. The quantitative estimate of drug-likeness (QED) is 0.311. The molecule has 4 aliphatic rings. The summed E-state index contributed by atoms with van der Waals surface area (Å²) >= 11 is 0. The summed E-state index contributed by atoms with van der Waals surface area (Å²) in [5, 5.41) is 0. The van der Waals surface area contributed by atoms with Crippen LogP contribution in [0, 0.1) is 36.5 Å². The van der Waals surface area contributed by atoms with Crippen LogP contribution in [0.2, 0.25) is 0 Å². The normalized spacial score (nSPS) is 32.0. The molecule has 4 atom stereocenters. The first-order valence-corrected chi connectivity index (χ1v) is 13.3. The Morgan fingerprint density at radius 1 is 0.455 bits per heavy atom. The van der Waals surface area contributed by atoms with E-state index >= 15 is 0 Å². The van der Waals surface area contributed by atoms with Gasteiger partial charge in [0.25, 0.3) is 0 Å². The van der Waals surface area contributed by atoms with Crippen LogP contribution >= 0.6 is 0 Å². The molecule has 0 nitrogen and oxygen atoms in total. The Morgan fingerprint density at radius 2 is 0.848 bits per heavy atom. The zero-order valence-corrected chi connectivity index (χ0v) is 24.6. The van der Waals surface area contributed by atoms with Gasteiger partial charge in [0, 0.05) is 0 Å². The number of rotatable bonds is 0. The summed E-state index contributed by atoms with van der Waals surface area (Å²) in [6.45, 7) is 0. The van der Waals surface area contributed by atoms with E-state index < -0.39 is 0 Å². The van der Waals surface area contributed by atoms with Crippen molar-refractivity contribution in [3.05, 3.63) is 61.4 Å². The molecule has 0 spiro atoms. The van der Waals surface area contributed by atoms with Crippen molar-refractivity contribution in [1.82, 2.24) is 0 Å². The van der Waals surface area contributed by atoms with Crippen LogP contribution in [0.5, 0.6) is 0 Å². The second-order valence-corrected chi connectivity index (χ2v) is 9.83. The second-order valence-electron chi connectivity index (χ2n) is 9.83. The maximum absolute atomic E-state index is 2.54. The molecule has 0 amide bonds. The molecule has 0 aliphatic heterocycles. The molecule has 3 heteroatoms. The van der Waals surface area contributed by atoms with Crippen LogP contribution in [-0.2, 0) is 26.2 Å². The Hall–Kier alpha value is 0.423. The summed E-state index contributed by atoms with van der Waals surface area (Å²) in [5.74, 6) is 3.04. The van der Waals surface area contributed by atoms with Gasteiger partial charge >= 0.3 is 26.2 Å². The van der Waals surface area contributed by atoms with Gasteiger partial charge in [-0.15, -0.1) is 24.0 Å². The Kier molecular flexibility index (Phi) is 22.0. The summed E-state index contributed by atoms with van der Waals surface area (Å²) < 4.78 is 0. The van der Waals surface area contributed by atoms with E-state index in [1.165, 1.54) is 103 Å². The molecule has 4 rings (SSSR count). The van der Waals surface area contributed by atoms with E-state index in [1.807, 2.05) is 0 Å². The van der Waals surface area contributed by atoms with Gasteiger partial charge in [0.15, 0.2) is 0 Å². The smallest absolute Gasteiger partial charge is 1.00 e. The minimum Gasteiger partial charge on any atom is -1.00 e. The Bertz CT molecular complexity index is 516. The predicted molar refractivity (Wildman–Crippen MR) is 133 cm³/mol. The first-order valence-electron chi connectivity index (χ1n) is 13.3. The van der Waals surface area contributed by atoms with E-state index in [2.05, 4.69) is 61.4 Å². The van der Waals surface area contributed by atoms with Crippen LogP contribution in [0.1, 0.15) is 103 Å². The van der Waals surface area contributed by atoms with E-state index in [0.717, 1.165) is 23.7 Å². The molecule has 184 valence electrons. The maximum atomic E-state index is 2.54. The number of fused-ring (bicyclic) bond motifs is 2. The molecule has 4 aliphatic carbocycles. The third-order valence-electron chi connectivity index (χ3n) is 7.32. The van der Waals surface area contributed by atoms with E-state index in [9.17, 15) is 0 Å². The van der Waals surface area contributed by atoms with E-state index in [-0.39, 0.29) is 51.0 Å². The third-order valence-corrected chi connectivity index (χ3v) is 7.32. The van der Waals surface area contributed by atoms with Gasteiger partial charge in [-0.25, -0.2) is 0 Å². The molecule has 4 unspecified atom stereocenters. The summed E-state index contributed by atoms with van der Waals surface area (Å²) in [5.41, 5.74) is 0. The molecular formula is C30H46Cl2Zr. The van der Waals surface area contributed by atoms with Gasteiger partial charge in [0.05, 0.1) is 0 Å².